The number of nitrogens with one attached hydrogen (secondary N) is 2. The highest BCUT2D eigenvalue weighted by Gasteiger charge is 2.59. The fourth-order valence-electron chi connectivity index (χ4n) is 9.38. The number of aliphatic hydroxyl groups is 15. The molecule has 0 spiro atoms. The highest BCUT2D eigenvalue weighted by atomic mass is 16.8. The molecule has 31 heteroatoms. The van der Waals surface area contributed by atoms with Gasteiger partial charge in [-0.05, 0) is 13.8 Å². The summed E-state index contributed by atoms with van der Waals surface area (Å²) in [6.07, 6.45) is -50.1. The van der Waals surface area contributed by atoms with Crippen LogP contribution in [0.3, 0.4) is 0 Å². The number of amides is 2. The lowest BCUT2D eigenvalue weighted by atomic mass is 9.93. The monoisotopic (exact) mass is 1050 g/mol. The molecule has 418 valence electrons. The molecule has 6 aliphatic rings. The molecule has 6 rings (SSSR count). The van der Waals surface area contributed by atoms with Gasteiger partial charge in [0.1, 0.15) is 134 Å². The van der Waals surface area contributed by atoms with Gasteiger partial charge in [0.15, 0.2) is 37.7 Å². The Morgan fingerprint density at radius 3 is 1.10 bits per heavy atom. The lowest BCUT2D eigenvalue weighted by molar-refractivity contribution is -0.394. The summed E-state index contributed by atoms with van der Waals surface area (Å²) in [6, 6.07) is -3.20. The third-order valence-electron chi connectivity index (χ3n) is 13.4. The quantitative estimate of drug-likeness (QED) is 0.0643. The second-order valence-electron chi connectivity index (χ2n) is 18.4. The normalized spacial score (nSPS) is 50.3. The van der Waals surface area contributed by atoms with E-state index in [0.717, 1.165) is 13.8 Å². The van der Waals surface area contributed by atoms with Gasteiger partial charge in [0.25, 0.3) is 0 Å². The van der Waals surface area contributed by atoms with E-state index in [2.05, 4.69) is 10.6 Å². The Hall–Kier alpha value is -2.14. The fourth-order valence-corrected chi connectivity index (χ4v) is 9.38. The Labute approximate surface area is 410 Å². The summed E-state index contributed by atoms with van der Waals surface area (Å²) < 4.78 is 70.9. The van der Waals surface area contributed by atoms with Crippen LogP contribution in [0.25, 0.3) is 0 Å². The zero-order chi connectivity index (χ0) is 53.2. The van der Waals surface area contributed by atoms with Crippen molar-refractivity contribution in [2.24, 2.45) is 0 Å². The largest absolute Gasteiger partial charge is 0.394 e. The third kappa shape index (κ3) is 12.5. The maximum absolute atomic E-state index is 13.0. The number of hydrogen-bond acceptors (Lipinski definition) is 29. The lowest BCUT2D eigenvalue weighted by Gasteiger charge is -2.52. The molecule has 0 aromatic heterocycles. The molecular formula is C41H70N2O29. The Kier molecular flexibility index (Phi) is 20.8. The van der Waals surface area contributed by atoms with E-state index in [1.807, 2.05) is 0 Å². The molecule has 30 atom stereocenters. The smallest absolute Gasteiger partial charge is 0.217 e. The van der Waals surface area contributed by atoms with Crippen LogP contribution >= 0.6 is 0 Å². The summed E-state index contributed by atoms with van der Waals surface area (Å²) >= 11 is 0. The van der Waals surface area contributed by atoms with Crippen molar-refractivity contribution in [3.63, 3.8) is 0 Å². The first kappa shape index (κ1) is 59.1. The average Bonchev–Trinajstić information content (AvgIpc) is 3.34. The summed E-state index contributed by atoms with van der Waals surface area (Å²) in [6.45, 7) is 0.962. The number of ether oxygens (including phenoxy) is 12. The maximum Gasteiger partial charge on any atom is 0.217 e. The predicted molar refractivity (Wildman–Crippen MR) is 224 cm³/mol. The molecule has 31 nitrogen and oxygen atoms in total. The average molecular weight is 1050 g/mol. The molecule has 0 radical (unpaired) electrons. The van der Waals surface area contributed by atoms with Crippen LogP contribution in [0, 0.1) is 0 Å². The highest BCUT2D eigenvalue weighted by molar-refractivity contribution is 5.73. The molecule has 0 aromatic rings. The van der Waals surface area contributed by atoms with E-state index >= 15 is 0 Å². The van der Waals surface area contributed by atoms with E-state index < -0.39 is 222 Å². The molecule has 0 aromatic carbocycles. The van der Waals surface area contributed by atoms with E-state index in [4.69, 9.17) is 56.8 Å². The minimum absolute atomic E-state index is 0.682. The molecule has 6 heterocycles. The summed E-state index contributed by atoms with van der Waals surface area (Å²) in [4.78, 5) is 25.6. The molecule has 17 N–H and O–H groups in total. The summed E-state index contributed by atoms with van der Waals surface area (Å²) in [5.41, 5.74) is 0. The van der Waals surface area contributed by atoms with Crippen molar-refractivity contribution in [2.45, 2.75) is 212 Å². The van der Waals surface area contributed by atoms with Gasteiger partial charge in [-0.2, -0.15) is 0 Å². The first-order valence-corrected chi connectivity index (χ1v) is 23.2. The minimum Gasteiger partial charge on any atom is -0.394 e. The zero-order valence-electron chi connectivity index (χ0n) is 39.6. The van der Waals surface area contributed by atoms with Crippen molar-refractivity contribution in [2.75, 3.05) is 33.5 Å². The molecule has 0 saturated carbocycles. The predicted octanol–water partition coefficient (Wildman–Crippen LogP) is -11.1. The Morgan fingerprint density at radius 1 is 0.375 bits per heavy atom. The van der Waals surface area contributed by atoms with Crippen LogP contribution in [0.5, 0.6) is 0 Å². The van der Waals surface area contributed by atoms with Gasteiger partial charge >= 0.3 is 0 Å². The molecule has 0 bridgehead atoms. The standard InChI is InChI=1S/C41H70N2O29/c1-10-20(50)24(54)27(57)38(62-10)70-33-18(42-12(3)48)36(61-5)66-16(8-46)31(33)69-41-30(60)35(23(53)15(7-45)65-41)72-37-19(43-13(4)49)34(71-39-28(58)25(55)21(51)11(2)63-39)32(17(9-47)67-37)68-40-29(59)26(56)22(52)14(6-44)64-40/h10-11,14-41,44-47,50-60H,6-9H2,1-5H3,(H,42,48)(H,43,49)/t10-,11-,14+,15+,16+,17+,18+,19+,20+,21+,22-,23-,24+,25+,26-,27-,28-,29+,30+,31+,32+,33+,34+,35-,36+,37-,38-,39-,40-,41-/m0/s1. The summed E-state index contributed by atoms with van der Waals surface area (Å²) in [5.74, 6) is -1.54. The number of carbonyl (C=O) groups excluding carboxylic acids is 2. The van der Waals surface area contributed by atoms with Gasteiger partial charge < -0.3 is 144 Å². The molecule has 6 fully saturated rings. The molecule has 0 aliphatic carbocycles. The van der Waals surface area contributed by atoms with Crippen molar-refractivity contribution in [1.29, 1.82) is 0 Å². The van der Waals surface area contributed by atoms with Crippen LogP contribution in [-0.4, -0.2) is 306 Å². The SMILES string of the molecule is CO[C@@H]1O[C@H](CO)[C@@H](O[C@@H]2O[C@H](CO)[C@H](O)[C@H](O[C@@H]3O[C@H](CO)[C@@H](O[C@@H]4O[C@H](CO)[C@H](O)[C@H](O)[C@H]4O)[C@H](O[C@@H]4O[C@@H](C)[C@@H](O)[C@@H](O)[C@@H]4O)[C@H]3NC(C)=O)[C@H]2O)[C@H](O[C@@H]2O[C@@H](C)[C@@H](O)[C@@H](O)[C@@H]2O)[C@H]1NC(C)=O. The van der Waals surface area contributed by atoms with Crippen molar-refractivity contribution >= 4 is 11.8 Å². The third-order valence-corrected chi connectivity index (χ3v) is 13.4. The van der Waals surface area contributed by atoms with Gasteiger partial charge in [0.2, 0.25) is 11.8 Å². The number of aliphatic hydroxyl groups excluding tert-OH is 15. The van der Waals surface area contributed by atoms with Crippen LogP contribution in [0.1, 0.15) is 27.7 Å². The Bertz CT molecular complexity index is 1730. The van der Waals surface area contributed by atoms with Gasteiger partial charge in [0.05, 0.1) is 38.6 Å². The van der Waals surface area contributed by atoms with Crippen LogP contribution in [0.2, 0.25) is 0 Å². The van der Waals surface area contributed by atoms with E-state index in [-0.39, 0.29) is 0 Å². The number of carbonyl (C=O) groups is 2. The molecule has 0 unspecified atom stereocenters. The topological polar surface area (TPSA) is 472 Å². The van der Waals surface area contributed by atoms with Crippen LogP contribution in [0.4, 0.5) is 0 Å². The summed E-state index contributed by atoms with van der Waals surface area (Å²) in [5, 5.41) is 167. The van der Waals surface area contributed by atoms with Gasteiger partial charge in [-0.15, -0.1) is 0 Å². The van der Waals surface area contributed by atoms with E-state index in [1.54, 1.807) is 0 Å². The summed E-state index contributed by atoms with van der Waals surface area (Å²) in [7, 11) is 1.18. The van der Waals surface area contributed by atoms with Crippen molar-refractivity contribution in [1.82, 2.24) is 10.6 Å². The van der Waals surface area contributed by atoms with Crippen molar-refractivity contribution < 1.29 is 143 Å². The van der Waals surface area contributed by atoms with E-state index in [0.29, 0.717) is 0 Å². The highest BCUT2D eigenvalue weighted by Crippen LogP contribution is 2.38. The molecule has 6 saturated heterocycles. The number of hydrogen-bond donors (Lipinski definition) is 17. The number of rotatable bonds is 17. The fraction of sp³-hybridized carbons (Fsp3) is 0.951. The second-order valence-corrected chi connectivity index (χ2v) is 18.4. The molecule has 6 aliphatic heterocycles. The van der Waals surface area contributed by atoms with Crippen molar-refractivity contribution in [3.05, 3.63) is 0 Å². The van der Waals surface area contributed by atoms with E-state index in [9.17, 15) is 86.2 Å². The number of methoxy groups -OCH3 is 1. The Balaban J connectivity index is 1.36. The molecule has 2 amide bonds. The Morgan fingerprint density at radius 2 is 0.694 bits per heavy atom. The van der Waals surface area contributed by atoms with Gasteiger partial charge in [-0.1, -0.05) is 0 Å². The molecular weight excluding hydrogens is 984 g/mol. The first-order chi connectivity index (χ1) is 34.0. The zero-order valence-corrected chi connectivity index (χ0v) is 39.6. The minimum atomic E-state index is -2.21. The maximum atomic E-state index is 13.0. The lowest BCUT2D eigenvalue weighted by Crippen LogP contribution is -2.71. The van der Waals surface area contributed by atoms with E-state index in [1.165, 1.54) is 21.0 Å². The van der Waals surface area contributed by atoms with Gasteiger partial charge in [0, 0.05) is 21.0 Å². The molecule has 72 heavy (non-hydrogen) atoms. The van der Waals surface area contributed by atoms with Crippen molar-refractivity contribution in [3.8, 4) is 0 Å². The van der Waals surface area contributed by atoms with Crippen LogP contribution in [0.15, 0.2) is 0 Å². The second kappa shape index (κ2) is 25.3. The van der Waals surface area contributed by atoms with Gasteiger partial charge in [-0.3, -0.25) is 9.59 Å². The van der Waals surface area contributed by atoms with Crippen LogP contribution < -0.4 is 10.6 Å². The first-order valence-electron chi connectivity index (χ1n) is 23.2. The van der Waals surface area contributed by atoms with Gasteiger partial charge in [-0.25, -0.2) is 0 Å². The van der Waals surface area contributed by atoms with Crippen LogP contribution in [-0.2, 0) is 66.4 Å².